The molecule has 0 aliphatic rings. The van der Waals surface area contributed by atoms with Crippen molar-refractivity contribution < 1.29 is 19.0 Å². The van der Waals surface area contributed by atoms with Crippen LogP contribution < -0.4 is 14.2 Å². The molecule has 0 bridgehead atoms. The molecule has 0 atom stereocenters. The first-order valence-corrected chi connectivity index (χ1v) is 8.65. The van der Waals surface area contributed by atoms with E-state index >= 15 is 0 Å². The van der Waals surface area contributed by atoms with E-state index in [9.17, 15) is 4.79 Å². The first-order valence-electron chi connectivity index (χ1n) is 7.86. The van der Waals surface area contributed by atoms with Gasteiger partial charge in [0.25, 0.3) is 0 Å². The molecule has 0 aliphatic heterocycles. The number of carbonyl (C=O) groups is 1. The van der Waals surface area contributed by atoms with E-state index in [1.807, 2.05) is 24.4 Å². The molecule has 0 amide bonds. The van der Waals surface area contributed by atoms with Crippen LogP contribution in [0.1, 0.15) is 15.9 Å². The number of ketones is 1. The molecular weight excluding hydrogens is 398 g/mol. The van der Waals surface area contributed by atoms with E-state index in [4.69, 9.17) is 14.2 Å². The summed E-state index contributed by atoms with van der Waals surface area (Å²) in [5, 5.41) is 1.04. The standard InChI is InChI=1S/C20H18BrNO4/c1-24-18-8-13(9-19(25-2)20(18)26-3)17(23)7-4-12-11-22-16-6-5-14(21)10-15(12)16/h4-11,22H,1-3H3. The summed E-state index contributed by atoms with van der Waals surface area (Å²) in [6, 6.07) is 9.24. The number of hydrogen-bond acceptors (Lipinski definition) is 4. The lowest BCUT2D eigenvalue weighted by molar-refractivity contribution is 0.104. The first-order chi connectivity index (χ1) is 12.6. The SMILES string of the molecule is COc1cc(C(=O)C=Cc2c[nH]c3ccc(Br)cc23)cc(OC)c1OC. The lowest BCUT2D eigenvalue weighted by atomic mass is 10.1. The van der Waals surface area contributed by atoms with Gasteiger partial charge in [0.2, 0.25) is 5.75 Å². The molecule has 0 fully saturated rings. The average molecular weight is 416 g/mol. The number of H-pyrrole nitrogens is 1. The van der Waals surface area contributed by atoms with Crippen LogP contribution >= 0.6 is 15.9 Å². The number of benzene rings is 2. The van der Waals surface area contributed by atoms with Crippen LogP contribution in [-0.2, 0) is 0 Å². The Balaban J connectivity index is 1.94. The molecule has 134 valence electrons. The lowest BCUT2D eigenvalue weighted by Crippen LogP contribution is -2.00. The topological polar surface area (TPSA) is 60.6 Å². The van der Waals surface area contributed by atoms with Gasteiger partial charge >= 0.3 is 0 Å². The van der Waals surface area contributed by atoms with Crippen LogP contribution in [0.15, 0.2) is 47.1 Å². The van der Waals surface area contributed by atoms with E-state index in [-0.39, 0.29) is 5.78 Å². The van der Waals surface area contributed by atoms with Gasteiger partial charge in [-0.2, -0.15) is 0 Å². The van der Waals surface area contributed by atoms with Crippen molar-refractivity contribution in [2.75, 3.05) is 21.3 Å². The number of halogens is 1. The first kappa shape index (κ1) is 18.1. The second-order valence-electron chi connectivity index (χ2n) is 5.55. The average Bonchev–Trinajstić information content (AvgIpc) is 3.06. The van der Waals surface area contributed by atoms with Gasteiger partial charge in [0.1, 0.15) is 0 Å². The van der Waals surface area contributed by atoms with Gasteiger partial charge in [-0.25, -0.2) is 0 Å². The Morgan fingerprint density at radius 1 is 1.04 bits per heavy atom. The highest BCUT2D eigenvalue weighted by Crippen LogP contribution is 2.38. The minimum Gasteiger partial charge on any atom is -0.493 e. The zero-order valence-electron chi connectivity index (χ0n) is 14.6. The Kier molecular flexibility index (Phi) is 5.32. The molecule has 6 heteroatoms. The normalized spacial score (nSPS) is 11.1. The number of ether oxygens (including phenoxy) is 3. The number of aromatic amines is 1. The summed E-state index contributed by atoms with van der Waals surface area (Å²) in [4.78, 5) is 15.8. The zero-order chi connectivity index (χ0) is 18.7. The van der Waals surface area contributed by atoms with Crippen LogP contribution in [-0.4, -0.2) is 32.1 Å². The summed E-state index contributed by atoms with van der Waals surface area (Å²) in [6.07, 6.45) is 5.19. The minimum absolute atomic E-state index is 0.159. The van der Waals surface area contributed by atoms with Crippen LogP contribution in [0.3, 0.4) is 0 Å². The molecule has 1 N–H and O–H groups in total. The highest BCUT2D eigenvalue weighted by Gasteiger charge is 2.15. The van der Waals surface area contributed by atoms with Crippen molar-refractivity contribution in [1.82, 2.24) is 4.98 Å². The van der Waals surface area contributed by atoms with Gasteiger partial charge in [0.15, 0.2) is 17.3 Å². The van der Waals surface area contributed by atoms with Crippen LogP contribution in [0.25, 0.3) is 17.0 Å². The van der Waals surface area contributed by atoms with Crippen molar-refractivity contribution in [3.8, 4) is 17.2 Å². The Bertz CT molecular complexity index is 966. The van der Waals surface area contributed by atoms with Crippen molar-refractivity contribution in [3.05, 3.63) is 58.2 Å². The Hall–Kier alpha value is -2.73. The summed E-state index contributed by atoms with van der Waals surface area (Å²) in [7, 11) is 4.56. The van der Waals surface area contributed by atoms with Crippen LogP contribution in [0.2, 0.25) is 0 Å². The maximum atomic E-state index is 12.6. The fourth-order valence-electron chi connectivity index (χ4n) is 2.74. The maximum Gasteiger partial charge on any atom is 0.203 e. The molecule has 0 saturated carbocycles. The van der Waals surface area contributed by atoms with Crippen molar-refractivity contribution in [2.24, 2.45) is 0 Å². The number of fused-ring (bicyclic) bond motifs is 1. The van der Waals surface area contributed by atoms with Crippen molar-refractivity contribution in [2.45, 2.75) is 0 Å². The quantitative estimate of drug-likeness (QED) is 0.461. The van der Waals surface area contributed by atoms with Crippen molar-refractivity contribution in [1.29, 1.82) is 0 Å². The minimum atomic E-state index is -0.159. The number of methoxy groups -OCH3 is 3. The second-order valence-corrected chi connectivity index (χ2v) is 6.46. The predicted molar refractivity (Wildman–Crippen MR) is 105 cm³/mol. The van der Waals surface area contributed by atoms with Gasteiger partial charge in [-0.1, -0.05) is 15.9 Å². The van der Waals surface area contributed by atoms with Gasteiger partial charge in [-0.05, 0) is 48.0 Å². The fourth-order valence-corrected chi connectivity index (χ4v) is 3.10. The molecule has 0 radical (unpaired) electrons. The molecule has 0 saturated heterocycles. The third-order valence-corrected chi connectivity index (χ3v) is 4.53. The highest BCUT2D eigenvalue weighted by molar-refractivity contribution is 9.10. The van der Waals surface area contributed by atoms with E-state index in [0.717, 1.165) is 20.9 Å². The lowest BCUT2D eigenvalue weighted by Gasteiger charge is -2.13. The molecule has 5 nitrogen and oxygen atoms in total. The monoisotopic (exact) mass is 415 g/mol. The molecular formula is C20H18BrNO4. The molecule has 0 aliphatic carbocycles. The molecule has 0 spiro atoms. The fraction of sp³-hybridized carbons (Fsp3) is 0.150. The Morgan fingerprint density at radius 3 is 2.35 bits per heavy atom. The van der Waals surface area contributed by atoms with E-state index < -0.39 is 0 Å². The number of nitrogens with one attached hydrogen (secondary N) is 1. The number of allylic oxidation sites excluding steroid dienone is 1. The van der Waals surface area contributed by atoms with Gasteiger partial charge in [0, 0.05) is 27.1 Å². The zero-order valence-corrected chi connectivity index (χ0v) is 16.2. The molecule has 26 heavy (non-hydrogen) atoms. The number of rotatable bonds is 6. The molecule has 2 aromatic carbocycles. The van der Waals surface area contributed by atoms with Crippen LogP contribution in [0.4, 0.5) is 0 Å². The number of carbonyl (C=O) groups excluding carboxylic acids is 1. The molecule has 3 aromatic rings. The van der Waals surface area contributed by atoms with Gasteiger partial charge in [-0.15, -0.1) is 0 Å². The van der Waals surface area contributed by atoms with E-state index in [1.165, 1.54) is 27.4 Å². The Labute approximate surface area is 159 Å². The van der Waals surface area contributed by atoms with Gasteiger partial charge in [0.05, 0.1) is 21.3 Å². The van der Waals surface area contributed by atoms with Crippen LogP contribution in [0.5, 0.6) is 17.2 Å². The number of aromatic nitrogens is 1. The van der Waals surface area contributed by atoms with Crippen molar-refractivity contribution >= 4 is 38.7 Å². The summed E-state index contributed by atoms with van der Waals surface area (Å²) >= 11 is 3.47. The summed E-state index contributed by atoms with van der Waals surface area (Å²) in [5.74, 6) is 1.19. The summed E-state index contributed by atoms with van der Waals surface area (Å²) in [5.41, 5.74) is 2.40. The third kappa shape index (κ3) is 3.46. The van der Waals surface area contributed by atoms with E-state index in [0.29, 0.717) is 22.8 Å². The van der Waals surface area contributed by atoms with E-state index in [1.54, 1.807) is 18.2 Å². The molecule has 1 heterocycles. The largest absolute Gasteiger partial charge is 0.493 e. The Morgan fingerprint density at radius 2 is 1.73 bits per heavy atom. The smallest absolute Gasteiger partial charge is 0.203 e. The highest BCUT2D eigenvalue weighted by atomic mass is 79.9. The molecule has 3 rings (SSSR count). The second kappa shape index (κ2) is 7.66. The molecule has 1 aromatic heterocycles. The van der Waals surface area contributed by atoms with Gasteiger partial charge in [-0.3, -0.25) is 4.79 Å². The van der Waals surface area contributed by atoms with E-state index in [2.05, 4.69) is 20.9 Å². The van der Waals surface area contributed by atoms with Gasteiger partial charge < -0.3 is 19.2 Å². The predicted octanol–water partition coefficient (Wildman–Crippen LogP) is 4.85. The summed E-state index contributed by atoms with van der Waals surface area (Å²) in [6.45, 7) is 0. The van der Waals surface area contributed by atoms with Crippen LogP contribution in [0, 0.1) is 0 Å². The van der Waals surface area contributed by atoms with Crippen molar-refractivity contribution in [3.63, 3.8) is 0 Å². The summed E-state index contributed by atoms with van der Waals surface area (Å²) < 4.78 is 16.9. The number of hydrogen-bond donors (Lipinski definition) is 1. The molecule has 0 unspecified atom stereocenters. The third-order valence-electron chi connectivity index (χ3n) is 4.04. The maximum absolute atomic E-state index is 12.6.